The lowest BCUT2D eigenvalue weighted by Crippen LogP contribution is -1.84. The summed E-state index contributed by atoms with van der Waals surface area (Å²) in [5, 5.41) is 11.6. The Balaban J connectivity index is 2.16. The van der Waals surface area contributed by atoms with E-state index in [2.05, 4.69) is 11.1 Å². The van der Waals surface area contributed by atoms with Crippen LogP contribution >= 0.6 is 11.3 Å². The maximum Gasteiger partial charge on any atom is 0.118 e. The molecule has 2 rings (SSSR count). The van der Waals surface area contributed by atoms with Crippen LogP contribution in [0.4, 0.5) is 0 Å². The summed E-state index contributed by atoms with van der Waals surface area (Å²) in [4.78, 5) is 4.50. The van der Waals surface area contributed by atoms with E-state index in [1.54, 1.807) is 18.4 Å². The van der Waals surface area contributed by atoms with Crippen molar-refractivity contribution >= 4 is 11.3 Å². The molecular formula is C13H12N2OS. The summed E-state index contributed by atoms with van der Waals surface area (Å²) in [7, 11) is 1.65. The smallest absolute Gasteiger partial charge is 0.118 e. The molecule has 0 fully saturated rings. The third-order valence-electron chi connectivity index (χ3n) is 2.39. The first kappa shape index (κ1) is 11.6. The third kappa shape index (κ3) is 2.83. The molecule has 17 heavy (non-hydrogen) atoms. The van der Waals surface area contributed by atoms with Crippen LogP contribution in [0.3, 0.4) is 0 Å². The lowest BCUT2D eigenvalue weighted by Gasteiger charge is -2.00. The second kappa shape index (κ2) is 5.46. The zero-order valence-electron chi connectivity index (χ0n) is 9.51. The molecule has 1 aromatic carbocycles. The Morgan fingerprint density at radius 3 is 2.76 bits per heavy atom. The zero-order chi connectivity index (χ0) is 12.1. The Morgan fingerprint density at radius 2 is 2.12 bits per heavy atom. The molecule has 2 aromatic rings. The van der Waals surface area contributed by atoms with Gasteiger partial charge in [0.2, 0.25) is 0 Å². The van der Waals surface area contributed by atoms with Gasteiger partial charge in [0.1, 0.15) is 5.75 Å². The maximum absolute atomic E-state index is 8.52. The first-order chi connectivity index (χ1) is 8.33. The average Bonchev–Trinajstić information content (AvgIpc) is 2.85. The van der Waals surface area contributed by atoms with E-state index in [1.807, 2.05) is 29.6 Å². The van der Waals surface area contributed by atoms with Gasteiger partial charge in [-0.05, 0) is 24.3 Å². The van der Waals surface area contributed by atoms with Gasteiger partial charge in [-0.3, -0.25) is 0 Å². The predicted molar refractivity (Wildman–Crippen MR) is 68.0 cm³/mol. The molecule has 0 atom stereocenters. The standard InChI is InChI=1S/C13H12N2OS/c1-16-11-6-4-10(5-7-11)12-9-17-13(15-12)3-2-8-14/h4-7,9H,2-3H2,1H3. The van der Waals surface area contributed by atoms with Crippen LogP contribution in [-0.2, 0) is 6.42 Å². The highest BCUT2D eigenvalue weighted by Gasteiger charge is 2.04. The third-order valence-corrected chi connectivity index (χ3v) is 3.30. The molecule has 3 nitrogen and oxygen atoms in total. The Morgan fingerprint density at radius 1 is 1.35 bits per heavy atom. The van der Waals surface area contributed by atoms with E-state index in [0.717, 1.165) is 28.4 Å². The normalized spacial score (nSPS) is 9.88. The Kier molecular flexibility index (Phi) is 3.73. The van der Waals surface area contributed by atoms with Crippen molar-refractivity contribution in [2.24, 2.45) is 0 Å². The minimum absolute atomic E-state index is 0.523. The molecule has 4 heteroatoms. The predicted octanol–water partition coefficient (Wildman–Crippen LogP) is 3.27. The van der Waals surface area contributed by atoms with E-state index in [4.69, 9.17) is 10.00 Å². The first-order valence-corrected chi connectivity index (χ1v) is 6.17. The van der Waals surface area contributed by atoms with Crippen molar-refractivity contribution in [3.63, 3.8) is 0 Å². The van der Waals surface area contributed by atoms with Crippen molar-refractivity contribution in [3.05, 3.63) is 34.7 Å². The van der Waals surface area contributed by atoms with E-state index in [9.17, 15) is 0 Å². The van der Waals surface area contributed by atoms with Crippen LogP contribution in [0.25, 0.3) is 11.3 Å². The molecule has 0 aliphatic heterocycles. The van der Waals surface area contributed by atoms with Gasteiger partial charge in [-0.1, -0.05) is 0 Å². The number of aromatic nitrogens is 1. The van der Waals surface area contributed by atoms with Gasteiger partial charge in [-0.2, -0.15) is 5.26 Å². The minimum Gasteiger partial charge on any atom is -0.497 e. The summed E-state index contributed by atoms with van der Waals surface area (Å²) in [5.41, 5.74) is 2.04. The van der Waals surface area contributed by atoms with E-state index in [1.165, 1.54) is 0 Å². The summed E-state index contributed by atoms with van der Waals surface area (Å²) in [6, 6.07) is 9.95. The number of rotatable bonds is 4. The molecule has 0 unspecified atom stereocenters. The van der Waals surface area contributed by atoms with Crippen LogP contribution in [0.1, 0.15) is 11.4 Å². The highest BCUT2D eigenvalue weighted by molar-refractivity contribution is 7.09. The van der Waals surface area contributed by atoms with Crippen molar-refractivity contribution in [3.8, 4) is 23.1 Å². The van der Waals surface area contributed by atoms with Crippen molar-refractivity contribution in [2.45, 2.75) is 12.8 Å². The number of ether oxygens (including phenoxy) is 1. The monoisotopic (exact) mass is 244 g/mol. The molecule has 0 saturated heterocycles. The lowest BCUT2D eigenvalue weighted by atomic mass is 10.2. The molecule has 1 aromatic heterocycles. The number of aryl methyl sites for hydroxylation is 1. The Hall–Kier alpha value is -1.86. The number of hydrogen-bond donors (Lipinski definition) is 0. The molecule has 0 bridgehead atoms. The molecule has 0 saturated carbocycles. The molecule has 1 heterocycles. The Bertz CT molecular complexity index is 525. The highest BCUT2D eigenvalue weighted by Crippen LogP contribution is 2.24. The van der Waals surface area contributed by atoms with Gasteiger partial charge < -0.3 is 4.74 Å². The topological polar surface area (TPSA) is 45.9 Å². The molecule has 0 amide bonds. The van der Waals surface area contributed by atoms with Gasteiger partial charge in [0.05, 0.1) is 23.9 Å². The van der Waals surface area contributed by atoms with Gasteiger partial charge in [-0.15, -0.1) is 11.3 Å². The Labute approximate surface area is 104 Å². The molecule has 0 radical (unpaired) electrons. The summed E-state index contributed by atoms with van der Waals surface area (Å²) in [6.07, 6.45) is 1.26. The molecule has 0 spiro atoms. The number of nitriles is 1. The molecular weight excluding hydrogens is 232 g/mol. The lowest BCUT2D eigenvalue weighted by molar-refractivity contribution is 0.415. The van der Waals surface area contributed by atoms with Crippen molar-refractivity contribution in [1.82, 2.24) is 4.98 Å². The summed E-state index contributed by atoms with van der Waals surface area (Å²) in [5.74, 6) is 0.841. The van der Waals surface area contributed by atoms with Crippen LogP contribution in [0.2, 0.25) is 0 Å². The SMILES string of the molecule is COc1ccc(-c2csc(CCC#N)n2)cc1. The van der Waals surface area contributed by atoms with E-state index in [0.29, 0.717) is 6.42 Å². The van der Waals surface area contributed by atoms with Crippen LogP contribution in [-0.4, -0.2) is 12.1 Å². The van der Waals surface area contributed by atoms with Crippen LogP contribution in [0, 0.1) is 11.3 Å². The summed E-state index contributed by atoms with van der Waals surface area (Å²) < 4.78 is 5.11. The number of thiazole rings is 1. The maximum atomic E-state index is 8.52. The van der Waals surface area contributed by atoms with Gasteiger partial charge in [-0.25, -0.2) is 4.98 Å². The second-order valence-electron chi connectivity index (χ2n) is 3.51. The van der Waals surface area contributed by atoms with Gasteiger partial charge >= 0.3 is 0 Å². The van der Waals surface area contributed by atoms with Crippen molar-refractivity contribution < 1.29 is 4.74 Å². The van der Waals surface area contributed by atoms with Crippen LogP contribution < -0.4 is 4.74 Å². The number of hydrogen-bond acceptors (Lipinski definition) is 4. The quantitative estimate of drug-likeness (QED) is 0.829. The molecule has 0 N–H and O–H groups in total. The van der Waals surface area contributed by atoms with E-state index < -0.39 is 0 Å². The van der Waals surface area contributed by atoms with Gasteiger partial charge in [0, 0.05) is 23.8 Å². The van der Waals surface area contributed by atoms with E-state index in [-0.39, 0.29) is 0 Å². The molecule has 86 valence electrons. The van der Waals surface area contributed by atoms with E-state index >= 15 is 0 Å². The number of nitrogens with zero attached hydrogens (tertiary/aromatic N) is 2. The summed E-state index contributed by atoms with van der Waals surface area (Å²) >= 11 is 1.60. The van der Waals surface area contributed by atoms with Crippen LogP contribution in [0.15, 0.2) is 29.6 Å². The molecule has 0 aliphatic carbocycles. The first-order valence-electron chi connectivity index (χ1n) is 5.29. The zero-order valence-corrected chi connectivity index (χ0v) is 10.3. The number of benzene rings is 1. The number of methoxy groups -OCH3 is 1. The van der Waals surface area contributed by atoms with Gasteiger partial charge in [0.15, 0.2) is 0 Å². The molecule has 0 aliphatic rings. The second-order valence-corrected chi connectivity index (χ2v) is 4.46. The fourth-order valence-electron chi connectivity index (χ4n) is 1.48. The van der Waals surface area contributed by atoms with Crippen molar-refractivity contribution in [1.29, 1.82) is 5.26 Å². The van der Waals surface area contributed by atoms with Crippen molar-refractivity contribution in [2.75, 3.05) is 7.11 Å². The summed E-state index contributed by atoms with van der Waals surface area (Å²) in [6.45, 7) is 0. The minimum atomic E-state index is 0.523. The fraction of sp³-hybridized carbons (Fsp3) is 0.231. The highest BCUT2D eigenvalue weighted by atomic mass is 32.1. The van der Waals surface area contributed by atoms with Crippen LogP contribution in [0.5, 0.6) is 5.75 Å². The largest absolute Gasteiger partial charge is 0.497 e. The van der Waals surface area contributed by atoms with Gasteiger partial charge in [0.25, 0.3) is 0 Å². The average molecular weight is 244 g/mol. The fourth-order valence-corrected chi connectivity index (χ4v) is 2.29.